The van der Waals surface area contributed by atoms with E-state index < -0.39 is 0 Å². The summed E-state index contributed by atoms with van der Waals surface area (Å²) in [4.78, 5) is 25.6. The zero-order chi connectivity index (χ0) is 17.4. The summed E-state index contributed by atoms with van der Waals surface area (Å²) in [6.45, 7) is 1.49. The van der Waals surface area contributed by atoms with Gasteiger partial charge in [-0.2, -0.15) is 0 Å². The van der Waals surface area contributed by atoms with Crippen LogP contribution in [-0.2, 0) is 11.3 Å². The number of carbonyl (C=O) groups excluding carboxylic acids is 2. The standard InChI is InChI=1S/C18H28N4O2.ClH/c1-22(13-14-6-3-2-4-7-14)18(24)20-11-10-17(23)21-16-9-5-8-15(16)12-19;/h2-4,6-7,15-16H,5,8-13,19H2,1H3,(H,20,24)(H,21,23);1H. The third-order valence-electron chi connectivity index (χ3n) is 4.55. The van der Waals surface area contributed by atoms with Crippen molar-refractivity contribution in [2.24, 2.45) is 11.7 Å². The molecule has 0 spiro atoms. The van der Waals surface area contributed by atoms with Gasteiger partial charge in [0, 0.05) is 32.6 Å². The van der Waals surface area contributed by atoms with Gasteiger partial charge in [-0.25, -0.2) is 4.79 Å². The maximum atomic E-state index is 12.0. The molecular weight excluding hydrogens is 340 g/mol. The molecule has 7 heteroatoms. The molecule has 2 rings (SSSR count). The zero-order valence-electron chi connectivity index (χ0n) is 14.7. The van der Waals surface area contributed by atoms with Gasteiger partial charge in [0.1, 0.15) is 0 Å². The highest BCUT2D eigenvalue weighted by molar-refractivity contribution is 5.85. The normalized spacial score (nSPS) is 19.0. The van der Waals surface area contributed by atoms with Gasteiger partial charge in [-0.05, 0) is 30.9 Å². The van der Waals surface area contributed by atoms with E-state index in [0.717, 1.165) is 24.8 Å². The molecule has 3 amide bonds. The van der Waals surface area contributed by atoms with Crippen molar-refractivity contribution in [2.75, 3.05) is 20.1 Å². The fourth-order valence-corrected chi connectivity index (χ4v) is 3.13. The molecule has 140 valence electrons. The Morgan fingerprint density at radius 3 is 2.64 bits per heavy atom. The molecule has 2 atom stereocenters. The van der Waals surface area contributed by atoms with Gasteiger partial charge in [-0.15, -0.1) is 12.4 Å². The van der Waals surface area contributed by atoms with Gasteiger partial charge < -0.3 is 21.3 Å². The van der Waals surface area contributed by atoms with Crippen molar-refractivity contribution in [3.8, 4) is 0 Å². The van der Waals surface area contributed by atoms with E-state index >= 15 is 0 Å². The molecule has 0 heterocycles. The highest BCUT2D eigenvalue weighted by Crippen LogP contribution is 2.24. The lowest BCUT2D eigenvalue weighted by atomic mass is 10.0. The number of hydrogen-bond acceptors (Lipinski definition) is 3. The van der Waals surface area contributed by atoms with Gasteiger partial charge in [-0.3, -0.25) is 4.79 Å². The second kappa shape index (κ2) is 10.9. The van der Waals surface area contributed by atoms with Crippen LogP contribution in [0.3, 0.4) is 0 Å². The Morgan fingerprint density at radius 1 is 1.24 bits per heavy atom. The summed E-state index contributed by atoms with van der Waals surface area (Å²) in [5, 5.41) is 5.82. The molecule has 6 nitrogen and oxygen atoms in total. The molecule has 1 aromatic carbocycles. The second-order valence-corrected chi connectivity index (χ2v) is 6.42. The monoisotopic (exact) mass is 368 g/mol. The first-order valence-electron chi connectivity index (χ1n) is 8.62. The van der Waals surface area contributed by atoms with E-state index in [2.05, 4.69) is 10.6 Å². The summed E-state index contributed by atoms with van der Waals surface area (Å²) < 4.78 is 0. The van der Waals surface area contributed by atoms with Crippen LogP contribution in [0.2, 0.25) is 0 Å². The quantitative estimate of drug-likeness (QED) is 0.686. The molecule has 1 aliphatic carbocycles. The number of halogens is 1. The number of nitrogens with zero attached hydrogens (tertiary/aromatic N) is 1. The number of nitrogens with two attached hydrogens (primary N) is 1. The molecule has 0 aliphatic heterocycles. The van der Waals surface area contributed by atoms with Gasteiger partial charge in [0.05, 0.1) is 0 Å². The molecule has 1 saturated carbocycles. The number of hydrogen-bond donors (Lipinski definition) is 3. The molecule has 1 aromatic rings. The summed E-state index contributed by atoms with van der Waals surface area (Å²) in [5.74, 6) is 0.368. The van der Waals surface area contributed by atoms with E-state index in [9.17, 15) is 9.59 Å². The molecule has 1 fully saturated rings. The van der Waals surface area contributed by atoms with Crippen LogP contribution < -0.4 is 16.4 Å². The van der Waals surface area contributed by atoms with E-state index in [-0.39, 0.29) is 30.4 Å². The Labute approximate surface area is 155 Å². The summed E-state index contributed by atoms with van der Waals surface area (Å²) in [6, 6.07) is 9.82. The van der Waals surface area contributed by atoms with Gasteiger partial charge in [0.2, 0.25) is 5.91 Å². The third-order valence-corrected chi connectivity index (χ3v) is 4.55. The Hall–Kier alpha value is -1.79. The van der Waals surface area contributed by atoms with Gasteiger partial charge in [0.25, 0.3) is 0 Å². The molecule has 0 radical (unpaired) electrons. The molecule has 25 heavy (non-hydrogen) atoms. The van der Waals surface area contributed by atoms with Crippen LogP contribution in [0.1, 0.15) is 31.2 Å². The van der Waals surface area contributed by atoms with Crippen molar-refractivity contribution in [3.05, 3.63) is 35.9 Å². The summed E-state index contributed by atoms with van der Waals surface area (Å²) in [7, 11) is 1.74. The second-order valence-electron chi connectivity index (χ2n) is 6.42. The summed E-state index contributed by atoms with van der Waals surface area (Å²) >= 11 is 0. The van der Waals surface area contributed by atoms with Crippen LogP contribution in [0.25, 0.3) is 0 Å². The minimum atomic E-state index is -0.174. The SMILES string of the molecule is CN(Cc1ccccc1)C(=O)NCCC(=O)NC1CCCC1CN.Cl. The Balaban J connectivity index is 0.00000312. The third kappa shape index (κ3) is 6.92. The predicted octanol–water partition coefficient (Wildman–Crippen LogP) is 1.88. The maximum Gasteiger partial charge on any atom is 0.317 e. The average Bonchev–Trinajstić information content (AvgIpc) is 3.02. The maximum absolute atomic E-state index is 12.0. The zero-order valence-corrected chi connectivity index (χ0v) is 15.6. The fourth-order valence-electron chi connectivity index (χ4n) is 3.13. The number of amides is 3. The number of nitrogens with one attached hydrogen (secondary N) is 2. The van der Waals surface area contributed by atoms with Crippen LogP contribution in [0.5, 0.6) is 0 Å². The van der Waals surface area contributed by atoms with E-state index in [1.54, 1.807) is 11.9 Å². The van der Waals surface area contributed by atoms with E-state index in [0.29, 0.717) is 32.0 Å². The van der Waals surface area contributed by atoms with Crippen molar-refractivity contribution in [2.45, 2.75) is 38.3 Å². The molecule has 0 saturated heterocycles. The lowest BCUT2D eigenvalue weighted by Gasteiger charge is -2.20. The van der Waals surface area contributed by atoms with Crippen LogP contribution in [0, 0.1) is 5.92 Å². The van der Waals surface area contributed by atoms with Crippen LogP contribution in [0.15, 0.2) is 30.3 Å². The van der Waals surface area contributed by atoms with Crippen molar-refractivity contribution in [1.82, 2.24) is 15.5 Å². The average molecular weight is 369 g/mol. The van der Waals surface area contributed by atoms with Crippen LogP contribution in [-0.4, -0.2) is 43.0 Å². The molecule has 0 bridgehead atoms. The largest absolute Gasteiger partial charge is 0.353 e. The Bertz CT molecular complexity index is 541. The van der Waals surface area contributed by atoms with Gasteiger partial charge in [-0.1, -0.05) is 36.8 Å². The highest BCUT2D eigenvalue weighted by Gasteiger charge is 2.27. The number of urea groups is 1. The summed E-state index contributed by atoms with van der Waals surface area (Å²) in [6.07, 6.45) is 3.49. The highest BCUT2D eigenvalue weighted by atomic mass is 35.5. The molecular formula is C18H29ClN4O2. The molecule has 0 aromatic heterocycles. The fraction of sp³-hybridized carbons (Fsp3) is 0.556. The molecule has 2 unspecified atom stereocenters. The Morgan fingerprint density at radius 2 is 1.96 bits per heavy atom. The minimum Gasteiger partial charge on any atom is -0.353 e. The lowest BCUT2D eigenvalue weighted by Crippen LogP contribution is -2.42. The van der Waals surface area contributed by atoms with E-state index in [1.807, 2.05) is 30.3 Å². The molecule has 1 aliphatic rings. The lowest BCUT2D eigenvalue weighted by molar-refractivity contribution is -0.121. The number of carbonyl (C=O) groups is 2. The van der Waals surface area contributed by atoms with Crippen molar-refractivity contribution in [1.29, 1.82) is 0 Å². The first kappa shape index (κ1) is 21.3. The Kier molecular flexibility index (Phi) is 9.31. The van der Waals surface area contributed by atoms with Gasteiger partial charge in [0.15, 0.2) is 0 Å². The van der Waals surface area contributed by atoms with Crippen LogP contribution >= 0.6 is 12.4 Å². The van der Waals surface area contributed by atoms with E-state index in [4.69, 9.17) is 5.73 Å². The number of rotatable bonds is 7. The van der Waals surface area contributed by atoms with E-state index in [1.165, 1.54) is 0 Å². The first-order valence-corrected chi connectivity index (χ1v) is 8.62. The minimum absolute atomic E-state index is 0. The van der Waals surface area contributed by atoms with Crippen LogP contribution in [0.4, 0.5) is 4.79 Å². The smallest absolute Gasteiger partial charge is 0.317 e. The van der Waals surface area contributed by atoms with Crippen molar-refractivity contribution in [3.63, 3.8) is 0 Å². The van der Waals surface area contributed by atoms with Crippen molar-refractivity contribution < 1.29 is 9.59 Å². The van der Waals surface area contributed by atoms with Crippen molar-refractivity contribution >= 4 is 24.3 Å². The topological polar surface area (TPSA) is 87.5 Å². The van der Waals surface area contributed by atoms with Gasteiger partial charge >= 0.3 is 6.03 Å². The first-order chi connectivity index (χ1) is 11.6. The number of benzene rings is 1. The molecule has 4 N–H and O–H groups in total. The summed E-state index contributed by atoms with van der Waals surface area (Å²) in [5.41, 5.74) is 6.79. The predicted molar refractivity (Wildman–Crippen MR) is 101 cm³/mol.